The van der Waals surface area contributed by atoms with Crippen LogP contribution in [0.1, 0.15) is 20.3 Å². The smallest absolute Gasteiger partial charge is 0.180 e. The van der Waals surface area contributed by atoms with E-state index in [0.29, 0.717) is 11.7 Å². The van der Waals surface area contributed by atoms with E-state index in [-0.39, 0.29) is 0 Å². The molecule has 0 amide bonds. The predicted octanol–water partition coefficient (Wildman–Crippen LogP) is 1.21. The number of methoxy groups -OCH3 is 1. The second-order valence-electron chi connectivity index (χ2n) is 2.86. The maximum Gasteiger partial charge on any atom is 0.180 e. The summed E-state index contributed by atoms with van der Waals surface area (Å²) in [4.78, 5) is 0. The molecule has 0 spiro atoms. The largest absolute Gasteiger partial charge is 0.499 e. The van der Waals surface area contributed by atoms with Crippen molar-refractivity contribution < 1.29 is 4.74 Å². The molecule has 5 heteroatoms. The number of nitrogens with one attached hydrogen (secondary N) is 2. The maximum atomic E-state index is 5.21. The van der Waals surface area contributed by atoms with Crippen LogP contribution < -0.4 is 16.6 Å². The van der Waals surface area contributed by atoms with E-state index in [4.69, 9.17) is 22.8 Å². The molecule has 0 aliphatic heterocycles. The fraction of sp³-hybridized carbons (Fsp3) is 0.500. The summed E-state index contributed by atoms with van der Waals surface area (Å²) in [6.07, 6.45) is 5.02. The van der Waals surface area contributed by atoms with Crippen LogP contribution >= 0.6 is 12.2 Å². The molecule has 0 saturated heterocycles. The minimum Gasteiger partial charge on any atom is -0.499 e. The molecule has 0 aromatic carbocycles. The highest BCUT2D eigenvalue weighted by atomic mass is 32.1. The molecule has 4 N–H and O–H groups in total. The van der Waals surface area contributed by atoms with Crippen molar-refractivity contribution >= 4 is 17.3 Å². The van der Waals surface area contributed by atoms with E-state index < -0.39 is 0 Å². The Morgan fingerprint density at radius 1 is 1.53 bits per heavy atom. The minimum atomic E-state index is 0.400. The quantitative estimate of drug-likeness (QED) is 0.217. The summed E-state index contributed by atoms with van der Waals surface area (Å²) in [5.41, 5.74) is 3.57. The maximum absolute atomic E-state index is 5.21. The van der Waals surface area contributed by atoms with Gasteiger partial charge in [-0.3, -0.25) is 0 Å². The van der Waals surface area contributed by atoms with Gasteiger partial charge in [0.25, 0.3) is 0 Å². The monoisotopic (exact) mass is 229 g/mol. The van der Waals surface area contributed by atoms with Gasteiger partial charge < -0.3 is 15.5 Å². The van der Waals surface area contributed by atoms with Crippen molar-refractivity contribution in [3.05, 3.63) is 23.5 Å². The minimum absolute atomic E-state index is 0.400. The van der Waals surface area contributed by atoms with Crippen LogP contribution in [0.4, 0.5) is 0 Å². The third-order valence-electron chi connectivity index (χ3n) is 1.94. The van der Waals surface area contributed by atoms with E-state index in [0.717, 1.165) is 12.2 Å². The first-order chi connectivity index (χ1) is 7.17. The van der Waals surface area contributed by atoms with Gasteiger partial charge in [-0.1, -0.05) is 13.0 Å². The van der Waals surface area contributed by atoms with Crippen molar-refractivity contribution in [2.24, 2.45) is 5.84 Å². The first-order valence-corrected chi connectivity index (χ1v) is 5.22. The number of thiocarbonyl (C=S) groups is 1. The second-order valence-corrected chi connectivity index (χ2v) is 3.27. The van der Waals surface area contributed by atoms with Gasteiger partial charge in [0.2, 0.25) is 0 Å². The summed E-state index contributed by atoms with van der Waals surface area (Å²) < 4.78 is 5.21. The van der Waals surface area contributed by atoms with E-state index in [1.54, 1.807) is 7.11 Å². The second kappa shape index (κ2) is 8.26. The fourth-order valence-electron chi connectivity index (χ4n) is 0.997. The van der Waals surface area contributed by atoms with Crippen molar-refractivity contribution in [2.75, 3.05) is 13.7 Å². The molecule has 0 aliphatic carbocycles. The molecular weight excluding hydrogens is 210 g/mol. The Hall–Kier alpha value is -1.07. The van der Waals surface area contributed by atoms with Crippen LogP contribution in [0, 0.1) is 0 Å². The van der Waals surface area contributed by atoms with E-state index in [1.165, 1.54) is 5.57 Å². The molecule has 86 valence electrons. The highest BCUT2D eigenvalue weighted by Crippen LogP contribution is 2.06. The number of hydrazine groups is 1. The first kappa shape index (κ1) is 13.9. The first-order valence-electron chi connectivity index (χ1n) is 4.82. The lowest BCUT2D eigenvalue weighted by atomic mass is 10.2. The van der Waals surface area contributed by atoms with E-state index in [1.807, 2.05) is 13.0 Å². The van der Waals surface area contributed by atoms with Crippen molar-refractivity contribution in [3.8, 4) is 0 Å². The van der Waals surface area contributed by atoms with Gasteiger partial charge in [0, 0.05) is 0 Å². The summed E-state index contributed by atoms with van der Waals surface area (Å²) >= 11 is 4.85. The van der Waals surface area contributed by atoms with Gasteiger partial charge in [-0.15, -0.1) is 0 Å². The molecule has 0 atom stereocenters. The average molecular weight is 229 g/mol. The number of rotatable bonds is 5. The topological polar surface area (TPSA) is 59.3 Å². The van der Waals surface area contributed by atoms with Crippen molar-refractivity contribution in [3.63, 3.8) is 0 Å². The van der Waals surface area contributed by atoms with Crippen LogP contribution in [0.15, 0.2) is 23.5 Å². The average Bonchev–Trinajstić information content (AvgIpc) is 2.29. The molecule has 0 radical (unpaired) electrons. The number of allylic oxidation sites excluding steroid dienone is 3. The van der Waals surface area contributed by atoms with Crippen LogP contribution in [-0.4, -0.2) is 18.8 Å². The SMILES string of the molecule is CC=C(C=C(CNC(=S)NN)OC)CC. The molecular formula is C10H19N3OS. The summed E-state index contributed by atoms with van der Waals surface area (Å²) in [7, 11) is 1.63. The van der Waals surface area contributed by atoms with E-state index in [9.17, 15) is 0 Å². The fourth-order valence-corrected chi connectivity index (χ4v) is 1.07. The Morgan fingerprint density at radius 3 is 2.60 bits per heavy atom. The molecule has 0 rings (SSSR count). The normalized spacial score (nSPS) is 12.3. The standard InChI is InChI=1S/C10H19N3OS/c1-4-8(5-2)6-9(14-3)7-12-10(15)13-11/h4,6H,5,7,11H2,1-3H3,(H2,12,13,15). The molecule has 0 bridgehead atoms. The Kier molecular flexibility index (Phi) is 7.67. The van der Waals surface area contributed by atoms with Crippen molar-refractivity contribution in [1.29, 1.82) is 0 Å². The van der Waals surface area contributed by atoms with Crippen LogP contribution in [0.25, 0.3) is 0 Å². The van der Waals surface area contributed by atoms with E-state index in [2.05, 4.69) is 23.7 Å². The van der Waals surface area contributed by atoms with Crippen LogP contribution in [0.2, 0.25) is 0 Å². The number of ether oxygens (including phenoxy) is 1. The van der Waals surface area contributed by atoms with Gasteiger partial charge in [-0.2, -0.15) is 0 Å². The molecule has 0 heterocycles. The van der Waals surface area contributed by atoms with Gasteiger partial charge >= 0.3 is 0 Å². The zero-order valence-electron chi connectivity index (χ0n) is 9.46. The third-order valence-corrected chi connectivity index (χ3v) is 2.20. The molecule has 0 saturated carbocycles. The molecule has 0 fully saturated rings. The molecule has 4 nitrogen and oxygen atoms in total. The Bertz CT molecular complexity index is 261. The summed E-state index contributed by atoms with van der Waals surface area (Å²) in [5.74, 6) is 5.95. The van der Waals surface area contributed by atoms with Gasteiger partial charge in [0.05, 0.1) is 13.7 Å². The molecule has 0 aliphatic rings. The molecule has 0 unspecified atom stereocenters. The lowest BCUT2D eigenvalue weighted by Crippen LogP contribution is -2.40. The predicted molar refractivity (Wildman–Crippen MR) is 67.1 cm³/mol. The molecule has 0 aromatic heterocycles. The van der Waals surface area contributed by atoms with Crippen LogP contribution in [0.3, 0.4) is 0 Å². The van der Waals surface area contributed by atoms with Gasteiger partial charge in [0.1, 0.15) is 5.76 Å². The summed E-state index contributed by atoms with van der Waals surface area (Å²) in [5, 5.41) is 3.31. The van der Waals surface area contributed by atoms with Gasteiger partial charge in [-0.05, 0) is 37.2 Å². The highest BCUT2D eigenvalue weighted by molar-refractivity contribution is 7.80. The third kappa shape index (κ3) is 6.09. The Labute approximate surface area is 96.5 Å². The summed E-state index contributed by atoms with van der Waals surface area (Å²) in [6, 6.07) is 0. The van der Waals surface area contributed by atoms with Crippen LogP contribution in [0.5, 0.6) is 0 Å². The van der Waals surface area contributed by atoms with Gasteiger partial charge in [0.15, 0.2) is 5.11 Å². The lowest BCUT2D eigenvalue weighted by Gasteiger charge is -2.10. The number of nitrogens with two attached hydrogens (primary N) is 1. The van der Waals surface area contributed by atoms with E-state index >= 15 is 0 Å². The lowest BCUT2D eigenvalue weighted by molar-refractivity contribution is 0.283. The van der Waals surface area contributed by atoms with Crippen LogP contribution in [-0.2, 0) is 4.74 Å². The van der Waals surface area contributed by atoms with Gasteiger partial charge in [-0.25, -0.2) is 5.84 Å². The van der Waals surface area contributed by atoms with Crippen molar-refractivity contribution in [1.82, 2.24) is 10.7 Å². The highest BCUT2D eigenvalue weighted by Gasteiger charge is 1.99. The zero-order chi connectivity index (χ0) is 11.7. The number of hydrogen-bond acceptors (Lipinski definition) is 3. The molecule has 15 heavy (non-hydrogen) atoms. The molecule has 0 aromatic rings. The summed E-state index contributed by atoms with van der Waals surface area (Å²) in [6.45, 7) is 4.62. The Morgan fingerprint density at radius 2 is 2.20 bits per heavy atom. The zero-order valence-corrected chi connectivity index (χ0v) is 10.3. The number of hydrogen-bond donors (Lipinski definition) is 3. The van der Waals surface area contributed by atoms with Crippen molar-refractivity contribution in [2.45, 2.75) is 20.3 Å². The Balaban J connectivity index is 4.29.